The highest BCUT2D eigenvalue weighted by Crippen LogP contribution is 2.59. The van der Waals surface area contributed by atoms with Crippen LogP contribution in [0, 0.1) is 13.8 Å². The molecule has 1 saturated carbocycles. The average Bonchev–Trinajstić information content (AvgIpc) is 3.10. The van der Waals surface area contributed by atoms with Crippen LogP contribution in [-0.2, 0) is 10.3 Å². The predicted octanol–water partition coefficient (Wildman–Crippen LogP) is 3.65. The van der Waals surface area contributed by atoms with Gasteiger partial charge in [-0.2, -0.15) is 0 Å². The van der Waals surface area contributed by atoms with E-state index in [1.807, 2.05) is 32.0 Å². The molecule has 0 radical (unpaired) electrons. The number of fused-ring (bicyclic) bond motifs is 5. The molecule has 2 aliphatic carbocycles. The molecule has 0 bridgehead atoms. The number of carbonyl (C=O) groups is 2. The Morgan fingerprint density at radius 1 is 1.15 bits per heavy atom. The number of benzene rings is 2. The van der Waals surface area contributed by atoms with Gasteiger partial charge in [-0.1, -0.05) is 49.2 Å². The fourth-order valence-electron chi connectivity index (χ4n) is 5.34. The quantitative estimate of drug-likeness (QED) is 0.671. The van der Waals surface area contributed by atoms with Gasteiger partial charge in [-0.3, -0.25) is 9.59 Å². The van der Waals surface area contributed by atoms with Crippen LogP contribution in [0.5, 0.6) is 5.75 Å². The van der Waals surface area contributed by atoms with E-state index in [2.05, 4.69) is 19.2 Å². The van der Waals surface area contributed by atoms with E-state index in [1.165, 1.54) is 0 Å². The summed E-state index contributed by atoms with van der Waals surface area (Å²) in [6.07, 6.45) is 2.89. The van der Waals surface area contributed by atoms with E-state index in [0.717, 1.165) is 16.7 Å². The minimum Gasteiger partial charge on any atom is -0.454 e. The first-order chi connectivity index (χ1) is 15.6. The molecule has 1 heterocycles. The molecule has 6 nitrogen and oxygen atoms in total. The third kappa shape index (κ3) is 2.83. The zero-order valence-electron chi connectivity index (χ0n) is 19.3. The number of aliphatic hydroxyl groups is 1. The Balaban J connectivity index is 1.72. The van der Waals surface area contributed by atoms with E-state index in [-0.39, 0.29) is 11.5 Å². The summed E-state index contributed by atoms with van der Waals surface area (Å²) >= 11 is 0. The smallest absolute Gasteiger partial charge is 0.270 e. The van der Waals surface area contributed by atoms with Crippen molar-refractivity contribution in [3.63, 3.8) is 0 Å². The molecule has 0 saturated heterocycles. The second-order valence-corrected chi connectivity index (χ2v) is 9.62. The van der Waals surface area contributed by atoms with Crippen molar-refractivity contribution in [3.8, 4) is 5.75 Å². The fourth-order valence-corrected chi connectivity index (χ4v) is 5.34. The lowest BCUT2D eigenvalue weighted by molar-refractivity contribution is -0.152. The van der Waals surface area contributed by atoms with Gasteiger partial charge < -0.3 is 20.9 Å². The standard InChI is InChI=1S/C27H28N2O4/c1-14(2)17-8-9-19-22(13-17)33-27(32)20-6-5-7-21(28)23(20)24(30)26(19,27)29-25(31)18-11-15(3)10-16(4)12-18/h6,8-14,32H,5,7,28H2,1-4H3,(H,29,31). The number of carbonyl (C=O) groups excluding carboxylic acids is 2. The molecule has 3 aliphatic rings. The number of aryl methyl sites for hydroxylation is 2. The van der Waals surface area contributed by atoms with Crippen LogP contribution in [0.3, 0.4) is 0 Å². The number of ether oxygens (including phenoxy) is 1. The lowest BCUT2D eigenvalue weighted by Crippen LogP contribution is -2.62. The van der Waals surface area contributed by atoms with Crippen molar-refractivity contribution in [2.24, 2.45) is 5.73 Å². The molecule has 1 aliphatic heterocycles. The summed E-state index contributed by atoms with van der Waals surface area (Å²) in [7, 11) is 0. The Morgan fingerprint density at radius 3 is 2.52 bits per heavy atom. The van der Waals surface area contributed by atoms with Crippen LogP contribution in [0.4, 0.5) is 0 Å². The molecule has 6 heteroatoms. The van der Waals surface area contributed by atoms with Crippen LogP contribution in [0.15, 0.2) is 59.3 Å². The molecule has 0 spiro atoms. The Bertz CT molecular complexity index is 1270. The second kappa shape index (κ2) is 7.06. The number of nitrogens with two attached hydrogens (primary N) is 1. The molecule has 2 aromatic rings. The van der Waals surface area contributed by atoms with Crippen molar-refractivity contribution in [3.05, 3.63) is 87.1 Å². The van der Waals surface area contributed by atoms with E-state index in [9.17, 15) is 14.7 Å². The van der Waals surface area contributed by atoms with Crippen molar-refractivity contribution in [2.45, 2.75) is 57.8 Å². The van der Waals surface area contributed by atoms with Crippen molar-refractivity contribution in [1.29, 1.82) is 0 Å². The van der Waals surface area contributed by atoms with E-state index >= 15 is 0 Å². The highest BCUT2D eigenvalue weighted by atomic mass is 16.6. The number of allylic oxidation sites excluding steroid dienone is 2. The first-order valence-corrected chi connectivity index (χ1v) is 11.3. The Kier molecular flexibility index (Phi) is 4.59. The largest absolute Gasteiger partial charge is 0.454 e. The van der Waals surface area contributed by atoms with Gasteiger partial charge in [-0.25, -0.2) is 0 Å². The summed E-state index contributed by atoms with van der Waals surface area (Å²) in [6.45, 7) is 7.93. The summed E-state index contributed by atoms with van der Waals surface area (Å²) in [6, 6.07) is 11.0. The van der Waals surface area contributed by atoms with Crippen LogP contribution in [0.2, 0.25) is 0 Å². The van der Waals surface area contributed by atoms with Gasteiger partial charge >= 0.3 is 0 Å². The summed E-state index contributed by atoms with van der Waals surface area (Å²) < 4.78 is 6.15. The summed E-state index contributed by atoms with van der Waals surface area (Å²) in [5.74, 6) is -2.36. The van der Waals surface area contributed by atoms with Gasteiger partial charge in [-0.05, 0) is 56.4 Å². The van der Waals surface area contributed by atoms with Crippen molar-refractivity contribution >= 4 is 11.7 Å². The minimum atomic E-state index is -2.07. The first kappa shape index (κ1) is 21.5. The summed E-state index contributed by atoms with van der Waals surface area (Å²) in [5.41, 5.74) is 9.13. The number of Topliss-reactive ketones (excluding diaryl/α,β-unsaturated/α-hetero) is 1. The maximum Gasteiger partial charge on any atom is 0.270 e. The first-order valence-electron chi connectivity index (χ1n) is 11.3. The van der Waals surface area contributed by atoms with Crippen LogP contribution in [0.1, 0.15) is 65.2 Å². The molecular weight excluding hydrogens is 416 g/mol. The minimum absolute atomic E-state index is 0.227. The zero-order valence-corrected chi connectivity index (χ0v) is 19.3. The average molecular weight is 445 g/mol. The van der Waals surface area contributed by atoms with E-state index in [1.54, 1.807) is 24.3 Å². The normalized spacial score (nSPS) is 25.4. The van der Waals surface area contributed by atoms with E-state index in [4.69, 9.17) is 10.5 Å². The second-order valence-electron chi connectivity index (χ2n) is 9.62. The summed E-state index contributed by atoms with van der Waals surface area (Å²) in [4.78, 5) is 27.5. The van der Waals surface area contributed by atoms with Crippen molar-refractivity contribution in [2.75, 3.05) is 0 Å². The van der Waals surface area contributed by atoms with E-state index < -0.39 is 23.0 Å². The van der Waals surface area contributed by atoms with Crippen molar-refractivity contribution < 1.29 is 19.4 Å². The van der Waals surface area contributed by atoms with Crippen molar-refractivity contribution in [1.82, 2.24) is 5.32 Å². The highest BCUT2D eigenvalue weighted by Gasteiger charge is 2.73. The van der Waals surface area contributed by atoms with E-state index in [0.29, 0.717) is 41.0 Å². The molecular formula is C27H28N2O4. The SMILES string of the molecule is Cc1cc(C)cc(C(=O)NC23C(=O)C4=C(N)CCC=C4C2(O)Oc2cc(C(C)C)ccc23)c1. The third-order valence-corrected chi connectivity index (χ3v) is 6.91. The number of amides is 1. The zero-order chi connectivity index (χ0) is 23.7. The van der Waals surface area contributed by atoms with Crippen LogP contribution in [-0.4, -0.2) is 22.6 Å². The van der Waals surface area contributed by atoms with Gasteiger partial charge in [-0.15, -0.1) is 0 Å². The molecule has 1 fully saturated rings. The van der Waals surface area contributed by atoms with Gasteiger partial charge in [0.15, 0.2) is 0 Å². The molecule has 2 unspecified atom stereocenters. The van der Waals surface area contributed by atoms with Gasteiger partial charge in [0.1, 0.15) is 5.75 Å². The van der Waals surface area contributed by atoms with Crippen LogP contribution < -0.4 is 15.8 Å². The predicted molar refractivity (Wildman–Crippen MR) is 125 cm³/mol. The topological polar surface area (TPSA) is 102 Å². The molecule has 5 rings (SSSR count). The molecule has 2 aromatic carbocycles. The number of rotatable bonds is 3. The maximum absolute atomic E-state index is 14.0. The number of nitrogens with one attached hydrogen (secondary N) is 1. The highest BCUT2D eigenvalue weighted by molar-refractivity contribution is 6.16. The lowest BCUT2D eigenvalue weighted by Gasteiger charge is -2.34. The molecule has 2 atom stereocenters. The Morgan fingerprint density at radius 2 is 1.85 bits per heavy atom. The molecule has 1 amide bonds. The van der Waals surface area contributed by atoms with Gasteiger partial charge in [0.2, 0.25) is 11.3 Å². The number of ketones is 1. The van der Waals surface area contributed by atoms with Crippen LogP contribution in [0.25, 0.3) is 0 Å². The van der Waals surface area contributed by atoms with Crippen LogP contribution >= 0.6 is 0 Å². The molecule has 170 valence electrons. The monoisotopic (exact) mass is 444 g/mol. The molecule has 0 aromatic heterocycles. The maximum atomic E-state index is 14.0. The third-order valence-electron chi connectivity index (χ3n) is 6.91. The fraction of sp³-hybridized carbons (Fsp3) is 0.333. The lowest BCUT2D eigenvalue weighted by atomic mass is 9.82. The van der Waals surface area contributed by atoms with Gasteiger partial charge in [0.05, 0.1) is 0 Å². The number of hydrogen-bond donors (Lipinski definition) is 3. The Hall–Kier alpha value is -3.38. The Labute approximate surface area is 193 Å². The molecule has 4 N–H and O–H groups in total. The summed E-state index contributed by atoms with van der Waals surface area (Å²) in [5, 5.41) is 14.9. The molecule has 33 heavy (non-hydrogen) atoms. The van der Waals surface area contributed by atoms with Gasteiger partial charge in [0.25, 0.3) is 11.7 Å². The number of hydrogen-bond acceptors (Lipinski definition) is 5. The van der Waals surface area contributed by atoms with Gasteiger partial charge in [0, 0.05) is 28.0 Å².